The Morgan fingerprint density at radius 3 is 2.73 bits per heavy atom. The minimum atomic E-state index is -3.89. The number of imidazole rings is 1. The Kier molecular flexibility index (Phi) is 4.52. The molecule has 4 N–H and O–H groups in total. The lowest BCUT2D eigenvalue weighted by atomic mass is 10.2. The van der Waals surface area contributed by atoms with Crippen LogP contribution in [0, 0.1) is 13.8 Å². The molecule has 0 unspecified atom stereocenters. The SMILES string of the molecule is Cc1nc(C)n2nc(-c3cc(S(=O)(=O)NCCO)ccc3O)[nH]c(=O)c12. The Bertz CT molecular complexity index is 1150. The Hall–Kier alpha value is -2.76. The third-order valence-electron chi connectivity index (χ3n) is 3.77. The number of aliphatic hydroxyl groups excluding tert-OH is 1. The van der Waals surface area contributed by atoms with Crippen molar-refractivity contribution in [3.05, 3.63) is 40.1 Å². The van der Waals surface area contributed by atoms with Crippen molar-refractivity contribution < 1.29 is 18.6 Å². The van der Waals surface area contributed by atoms with Gasteiger partial charge in [-0.3, -0.25) is 4.79 Å². The van der Waals surface area contributed by atoms with Crippen molar-refractivity contribution in [3.8, 4) is 17.1 Å². The molecule has 138 valence electrons. The van der Waals surface area contributed by atoms with E-state index in [0.29, 0.717) is 11.5 Å². The van der Waals surface area contributed by atoms with E-state index in [1.54, 1.807) is 13.8 Å². The molecule has 11 heteroatoms. The second-order valence-electron chi connectivity index (χ2n) is 5.61. The summed E-state index contributed by atoms with van der Waals surface area (Å²) < 4.78 is 28.0. The Balaban J connectivity index is 2.18. The molecular formula is C15H17N5O5S. The summed E-state index contributed by atoms with van der Waals surface area (Å²) in [5.41, 5.74) is 0.372. The lowest BCUT2D eigenvalue weighted by molar-refractivity contribution is 0.301. The molecule has 0 aliphatic heterocycles. The predicted octanol–water partition coefficient (Wildman–Crippen LogP) is -0.322. The van der Waals surface area contributed by atoms with Gasteiger partial charge in [-0.2, -0.15) is 0 Å². The molecule has 0 saturated carbocycles. The number of hydrogen-bond donors (Lipinski definition) is 4. The first-order chi connectivity index (χ1) is 12.2. The average molecular weight is 379 g/mol. The number of aromatic amines is 1. The van der Waals surface area contributed by atoms with Crippen LogP contribution in [0.4, 0.5) is 0 Å². The largest absolute Gasteiger partial charge is 0.507 e. The molecule has 26 heavy (non-hydrogen) atoms. The van der Waals surface area contributed by atoms with Crippen LogP contribution in [0.2, 0.25) is 0 Å². The Labute approximate surface area is 148 Å². The zero-order chi connectivity index (χ0) is 19.1. The monoisotopic (exact) mass is 379 g/mol. The van der Waals surface area contributed by atoms with Gasteiger partial charge in [-0.25, -0.2) is 22.6 Å². The van der Waals surface area contributed by atoms with Gasteiger partial charge in [0.25, 0.3) is 5.56 Å². The number of rotatable bonds is 5. The minimum Gasteiger partial charge on any atom is -0.507 e. The van der Waals surface area contributed by atoms with Crippen molar-refractivity contribution in [2.45, 2.75) is 18.7 Å². The maximum atomic E-state index is 12.3. The molecule has 2 heterocycles. The van der Waals surface area contributed by atoms with Gasteiger partial charge in [0.2, 0.25) is 10.0 Å². The molecule has 0 aliphatic carbocycles. The number of hydrogen-bond acceptors (Lipinski definition) is 7. The predicted molar refractivity (Wildman–Crippen MR) is 92.5 cm³/mol. The summed E-state index contributed by atoms with van der Waals surface area (Å²) >= 11 is 0. The van der Waals surface area contributed by atoms with Crippen LogP contribution in [0.1, 0.15) is 11.5 Å². The molecule has 3 rings (SSSR count). The van der Waals surface area contributed by atoms with E-state index in [2.05, 4.69) is 19.8 Å². The summed E-state index contributed by atoms with van der Waals surface area (Å²) in [6.45, 7) is 2.86. The van der Waals surface area contributed by atoms with Gasteiger partial charge >= 0.3 is 0 Å². The highest BCUT2D eigenvalue weighted by molar-refractivity contribution is 7.89. The highest BCUT2D eigenvalue weighted by Gasteiger charge is 2.19. The lowest BCUT2D eigenvalue weighted by Gasteiger charge is -2.09. The number of nitrogens with one attached hydrogen (secondary N) is 2. The summed E-state index contributed by atoms with van der Waals surface area (Å²) in [5.74, 6) is 0.237. The van der Waals surface area contributed by atoms with Gasteiger partial charge in [-0.1, -0.05) is 0 Å². The molecule has 0 aliphatic rings. The third kappa shape index (κ3) is 3.07. The van der Waals surface area contributed by atoms with E-state index in [4.69, 9.17) is 5.11 Å². The van der Waals surface area contributed by atoms with Crippen LogP contribution in [0.25, 0.3) is 16.9 Å². The summed E-state index contributed by atoms with van der Waals surface area (Å²) in [6, 6.07) is 3.60. The second kappa shape index (κ2) is 6.52. The van der Waals surface area contributed by atoms with Crippen molar-refractivity contribution in [3.63, 3.8) is 0 Å². The van der Waals surface area contributed by atoms with Crippen molar-refractivity contribution in [1.82, 2.24) is 24.3 Å². The van der Waals surface area contributed by atoms with E-state index in [-0.39, 0.29) is 40.7 Å². The number of benzene rings is 1. The van der Waals surface area contributed by atoms with E-state index in [1.807, 2.05) is 0 Å². The molecule has 0 spiro atoms. The van der Waals surface area contributed by atoms with Gasteiger partial charge in [0.1, 0.15) is 11.6 Å². The fourth-order valence-electron chi connectivity index (χ4n) is 2.59. The standard InChI is InChI=1S/C15H17N5O5S/c1-8-13-15(23)18-14(19-20(13)9(2)17-8)11-7-10(3-4-12(11)22)26(24,25)16-5-6-21/h3-4,7,16,21-22H,5-6H2,1-2H3,(H,18,19,23). The number of fused-ring (bicyclic) bond motifs is 1. The summed E-state index contributed by atoms with van der Waals surface area (Å²) in [4.78, 5) is 18.9. The molecule has 0 saturated heterocycles. The van der Waals surface area contributed by atoms with Gasteiger partial charge in [-0.05, 0) is 32.0 Å². The van der Waals surface area contributed by atoms with Crippen LogP contribution >= 0.6 is 0 Å². The number of phenols is 1. The zero-order valence-electron chi connectivity index (χ0n) is 14.0. The number of aryl methyl sites for hydroxylation is 2. The fourth-order valence-corrected chi connectivity index (χ4v) is 3.64. The average Bonchev–Trinajstić information content (AvgIpc) is 2.87. The normalized spacial score (nSPS) is 12.0. The molecule has 0 fully saturated rings. The topological polar surface area (TPSA) is 150 Å². The van der Waals surface area contributed by atoms with Crippen LogP contribution in [0.15, 0.2) is 27.9 Å². The first-order valence-corrected chi connectivity index (χ1v) is 9.13. The zero-order valence-corrected chi connectivity index (χ0v) is 14.8. The molecule has 2 aromatic heterocycles. The lowest BCUT2D eigenvalue weighted by Crippen LogP contribution is -2.26. The van der Waals surface area contributed by atoms with Gasteiger partial charge in [0, 0.05) is 6.54 Å². The molecule has 10 nitrogen and oxygen atoms in total. The molecule has 0 radical (unpaired) electrons. The van der Waals surface area contributed by atoms with Crippen LogP contribution < -0.4 is 10.3 Å². The molecule has 0 atom stereocenters. The maximum Gasteiger partial charge on any atom is 0.277 e. The van der Waals surface area contributed by atoms with Crippen molar-refractivity contribution in [2.24, 2.45) is 0 Å². The highest BCUT2D eigenvalue weighted by Crippen LogP contribution is 2.28. The minimum absolute atomic E-state index is 0.000270. The summed E-state index contributed by atoms with van der Waals surface area (Å²) in [6.07, 6.45) is 0. The van der Waals surface area contributed by atoms with Crippen LogP contribution in [-0.2, 0) is 10.0 Å². The Morgan fingerprint density at radius 2 is 2.04 bits per heavy atom. The number of aromatic nitrogens is 4. The van der Waals surface area contributed by atoms with Crippen molar-refractivity contribution in [2.75, 3.05) is 13.2 Å². The quantitative estimate of drug-likeness (QED) is 0.474. The van der Waals surface area contributed by atoms with Gasteiger partial charge in [-0.15, -0.1) is 5.10 Å². The molecular weight excluding hydrogens is 362 g/mol. The number of aromatic hydroxyl groups is 1. The molecule has 0 bridgehead atoms. The van der Waals surface area contributed by atoms with Gasteiger partial charge in [0.15, 0.2) is 11.3 Å². The fraction of sp³-hybridized carbons (Fsp3) is 0.267. The molecule has 1 aromatic carbocycles. The van der Waals surface area contributed by atoms with Crippen LogP contribution in [0.3, 0.4) is 0 Å². The number of aliphatic hydroxyl groups is 1. The Morgan fingerprint density at radius 1 is 1.31 bits per heavy atom. The van der Waals surface area contributed by atoms with Crippen molar-refractivity contribution in [1.29, 1.82) is 0 Å². The number of sulfonamides is 1. The number of phenolic OH excluding ortho intramolecular Hbond substituents is 1. The van der Waals surface area contributed by atoms with Crippen LogP contribution in [0.5, 0.6) is 5.75 Å². The summed E-state index contributed by atoms with van der Waals surface area (Å²) in [5, 5.41) is 23.2. The highest BCUT2D eigenvalue weighted by atomic mass is 32.2. The smallest absolute Gasteiger partial charge is 0.277 e. The first-order valence-electron chi connectivity index (χ1n) is 7.65. The molecule has 3 aromatic rings. The first kappa shape index (κ1) is 18.0. The van der Waals surface area contributed by atoms with Gasteiger partial charge in [0.05, 0.1) is 22.8 Å². The van der Waals surface area contributed by atoms with E-state index in [0.717, 1.165) is 0 Å². The van der Waals surface area contributed by atoms with Crippen LogP contribution in [-0.4, -0.2) is 51.4 Å². The number of H-pyrrole nitrogens is 1. The second-order valence-corrected chi connectivity index (χ2v) is 7.37. The van der Waals surface area contributed by atoms with Gasteiger partial charge < -0.3 is 15.2 Å². The number of nitrogens with zero attached hydrogens (tertiary/aromatic N) is 3. The maximum absolute atomic E-state index is 12.3. The third-order valence-corrected chi connectivity index (χ3v) is 5.23. The molecule has 0 amide bonds. The van der Waals surface area contributed by atoms with E-state index < -0.39 is 15.6 Å². The van der Waals surface area contributed by atoms with Crippen molar-refractivity contribution >= 4 is 15.5 Å². The summed E-state index contributed by atoms with van der Waals surface area (Å²) in [7, 11) is -3.89. The van der Waals surface area contributed by atoms with E-state index in [9.17, 15) is 18.3 Å². The van der Waals surface area contributed by atoms with E-state index >= 15 is 0 Å². The van der Waals surface area contributed by atoms with E-state index in [1.165, 1.54) is 22.7 Å².